The molecular formula is C22H26N2O2. The van der Waals surface area contributed by atoms with Gasteiger partial charge in [-0.1, -0.05) is 44.2 Å². The SMILES string of the molecule is CCCN(CCC)Cc1ccc(-c2c[nH]c(=O)c3cccc(O)c23)cc1. The molecule has 3 aromatic rings. The molecule has 0 amide bonds. The lowest BCUT2D eigenvalue weighted by Gasteiger charge is -2.21. The van der Waals surface area contributed by atoms with E-state index in [4.69, 9.17) is 0 Å². The molecule has 0 aliphatic heterocycles. The molecule has 1 aromatic heterocycles. The zero-order chi connectivity index (χ0) is 18.5. The van der Waals surface area contributed by atoms with Gasteiger partial charge in [0.25, 0.3) is 5.56 Å². The van der Waals surface area contributed by atoms with Crippen molar-refractivity contribution in [3.05, 3.63) is 64.6 Å². The lowest BCUT2D eigenvalue weighted by atomic mass is 9.99. The van der Waals surface area contributed by atoms with Gasteiger partial charge in [-0.3, -0.25) is 9.69 Å². The van der Waals surface area contributed by atoms with E-state index in [1.807, 2.05) is 0 Å². The number of phenolic OH excluding ortho intramolecular Hbond substituents is 1. The predicted octanol–water partition coefficient (Wildman–Crippen LogP) is 4.52. The number of pyridine rings is 1. The third-order valence-electron chi connectivity index (χ3n) is 4.65. The molecule has 4 heteroatoms. The minimum Gasteiger partial charge on any atom is -0.507 e. The van der Waals surface area contributed by atoms with Crippen molar-refractivity contribution < 1.29 is 5.11 Å². The minimum atomic E-state index is -0.189. The summed E-state index contributed by atoms with van der Waals surface area (Å²) in [7, 11) is 0. The van der Waals surface area contributed by atoms with Crippen LogP contribution in [0.15, 0.2) is 53.5 Å². The smallest absolute Gasteiger partial charge is 0.255 e. The Bertz CT molecular complexity index is 923. The van der Waals surface area contributed by atoms with E-state index in [-0.39, 0.29) is 11.3 Å². The summed E-state index contributed by atoms with van der Waals surface area (Å²) >= 11 is 0. The maximum atomic E-state index is 12.0. The molecule has 0 fully saturated rings. The van der Waals surface area contributed by atoms with Gasteiger partial charge in [-0.05, 0) is 49.2 Å². The summed E-state index contributed by atoms with van der Waals surface area (Å²) in [4.78, 5) is 17.3. The normalized spacial score (nSPS) is 11.3. The molecule has 0 spiro atoms. The van der Waals surface area contributed by atoms with Crippen LogP contribution in [0.5, 0.6) is 5.75 Å². The summed E-state index contributed by atoms with van der Waals surface area (Å²) in [6.45, 7) is 7.57. The van der Waals surface area contributed by atoms with Gasteiger partial charge in [0, 0.05) is 23.7 Å². The molecule has 3 rings (SSSR count). The van der Waals surface area contributed by atoms with Crippen molar-refractivity contribution in [3.8, 4) is 16.9 Å². The fourth-order valence-electron chi connectivity index (χ4n) is 3.48. The van der Waals surface area contributed by atoms with Crippen LogP contribution in [0.1, 0.15) is 32.3 Å². The number of benzene rings is 2. The molecule has 0 saturated heterocycles. The van der Waals surface area contributed by atoms with Crippen LogP contribution >= 0.6 is 0 Å². The third kappa shape index (κ3) is 3.81. The zero-order valence-electron chi connectivity index (χ0n) is 15.5. The minimum absolute atomic E-state index is 0.129. The summed E-state index contributed by atoms with van der Waals surface area (Å²) in [5.74, 6) is 0.129. The first-order valence-corrected chi connectivity index (χ1v) is 9.29. The number of aromatic amines is 1. The van der Waals surface area contributed by atoms with Gasteiger partial charge in [0.2, 0.25) is 0 Å². The Morgan fingerprint density at radius 3 is 2.35 bits per heavy atom. The Kier molecular flexibility index (Phi) is 5.74. The maximum absolute atomic E-state index is 12.0. The topological polar surface area (TPSA) is 56.3 Å². The number of hydrogen-bond acceptors (Lipinski definition) is 3. The molecule has 0 aliphatic rings. The largest absolute Gasteiger partial charge is 0.507 e. The second kappa shape index (κ2) is 8.19. The molecule has 0 unspecified atom stereocenters. The fourth-order valence-corrected chi connectivity index (χ4v) is 3.48. The number of nitrogens with one attached hydrogen (secondary N) is 1. The van der Waals surface area contributed by atoms with E-state index in [2.05, 4.69) is 48.0 Å². The van der Waals surface area contributed by atoms with Crippen molar-refractivity contribution >= 4 is 10.8 Å². The van der Waals surface area contributed by atoms with Crippen molar-refractivity contribution in [1.29, 1.82) is 0 Å². The van der Waals surface area contributed by atoms with Gasteiger partial charge in [0.15, 0.2) is 0 Å². The molecule has 0 radical (unpaired) electrons. The van der Waals surface area contributed by atoms with Crippen LogP contribution in [0.25, 0.3) is 21.9 Å². The highest BCUT2D eigenvalue weighted by Crippen LogP contribution is 2.32. The van der Waals surface area contributed by atoms with E-state index in [1.165, 1.54) is 5.56 Å². The van der Waals surface area contributed by atoms with Gasteiger partial charge >= 0.3 is 0 Å². The number of aromatic hydroxyl groups is 1. The lowest BCUT2D eigenvalue weighted by Crippen LogP contribution is -2.24. The molecule has 0 atom stereocenters. The number of rotatable bonds is 7. The Hall–Kier alpha value is -2.59. The van der Waals surface area contributed by atoms with E-state index in [9.17, 15) is 9.90 Å². The molecule has 2 aromatic carbocycles. The van der Waals surface area contributed by atoms with Gasteiger partial charge in [-0.15, -0.1) is 0 Å². The zero-order valence-corrected chi connectivity index (χ0v) is 15.5. The highest BCUT2D eigenvalue weighted by atomic mass is 16.3. The number of H-pyrrole nitrogens is 1. The van der Waals surface area contributed by atoms with E-state index in [1.54, 1.807) is 24.4 Å². The fraction of sp³-hybridized carbons (Fsp3) is 0.318. The second-order valence-corrected chi connectivity index (χ2v) is 6.70. The van der Waals surface area contributed by atoms with Crippen LogP contribution in [0.3, 0.4) is 0 Å². The molecule has 26 heavy (non-hydrogen) atoms. The van der Waals surface area contributed by atoms with Crippen LogP contribution in [0, 0.1) is 0 Å². The highest BCUT2D eigenvalue weighted by molar-refractivity contribution is 5.99. The summed E-state index contributed by atoms with van der Waals surface area (Å²) in [6, 6.07) is 13.4. The van der Waals surface area contributed by atoms with Crippen LogP contribution in [-0.4, -0.2) is 28.1 Å². The van der Waals surface area contributed by atoms with Crippen LogP contribution in [0.2, 0.25) is 0 Å². The molecule has 0 bridgehead atoms. The van der Waals surface area contributed by atoms with Crippen LogP contribution in [-0.2, 0) is 6.54 Å². The Labute approximate surface area is 154 Å². The van der Waals surface area contributed by atoms with E-state index in [0.717, 1.165) is 43.6 Å². The number of aromatic nitrogens is 1. The van der Waals surface area contributed by atoms with Gasteiger partial charge in [-0.25, -0.2) is 0 Å². The van der Waals surface area contributed by atoms with E-state index < -0.39 is 0 Å². The van der Waals surface area contributed by atoms with E-state index in [0.29, 0.717) is 10.8 Å². The molecule has 2 N–H and O–H groups in total. The standard InChI is InChI=1S/C22H26N2O2/c1-3-12-24(13-4-2)15-16-8-10-17(11-9-16)19-14-23-22(26)18-6-5-7-20(25)21(18)19/h5-11,14,25H,3-4,12-13,15H2,1-2H3,(H,23,26). The predicted molar refractivity (Wildman–Crippen MR) is 108 cm³/mol. The highest BCUT2D eigenvalue weighted by Gasteiger charge is 2.11. The maximum Gasteiger partial charge on any atom is 0.255 e. The summed E-state index contributed by atoms with van der Waals surface area (Å²) in [5.41, 5.74) is 2.90. The van der Waals surface area contributed by atoms with E-state index >= 15 is 0 Å². The number of fused-ring (bicyclic) bond motifs is 1. The average molecular weight is 350 g/mol. The Morgan fingerprint density at radius 1 is 1.00 bits per heavy atom. The number of nitrogens with zero attached hydrogens (tertiary/aromatic N) is 1. The monoisotopic (exact) mass is 350 g/mol. The van der Waals surface area contributed by atoms with Crippen molar-refractivity contribution in [2.24, 2.45) is 0 Å². The first kappa shape index (κ1) is 18.2. The van der Waals surface area contributed by atoms with Crippen molar-refractivity contribution in [2.45, 2.75) is 33.2 Å². The molecular weight excluding hydrogens is 324 g/mol. The quantitative estimate of drug-likeness (QED) is 0.658. The Morgan fingerprint density at radius 2 is 1.69 bits per heavy atom. The third-order valence-corrected chi connectivity index (χ3v) is 4.65. The Balaban J connectivity index is 1.93. The van der Waals surface area contributed by atoms with Crippen molar-refractivity contribution in [3.63, 3.8) is 0 Å². The van der Waals surface area contributed by atoms with Crippen molar-refractivity contribution in [2.75, 3.05) is 13.1 Å². The molecule has 0 saturated carbocycles. The first-order valence-electron chi connectivity index (χ1n) is 9.29. The first-order chi connectivity index (χ1) is 12.6. The molecule has 136 valence electrons. The average Bonchev–Trinajstić information content (AvgIpc) is 2.64. The second-order valence-electron chi connectivity index (χ2n) is 6.70. The van der Waals surface area contributed by atoms with Crippen LogP contribution < -0.4 is 5.56 Å². The van der Waals surface area contributed by atoms with Gasteiger partial charge in [-0.2, -0.15) is 0 Å². The van der Waals surface area contributed by atoms with Crippen molar-refractivity contribution in [1.82, 2.24) is 9.88 Å². The summed E-state index contributed by atoms with van der Waals surface area (Å²) in [5, 5.41) is 11.4. The van der Waals surface area contributed by atoms with Gasteiger partial charge in [0.1, 0.15) is 5.75 Å². The molecule has 4 nitrogen and oxygen atoms in total. The lowest BCUT2D eigenvalue weighted by molar-refractivity contribution is 0.266. The summed E-state index contributed by atoms with van der Waals surface area (Å²) in [6.07, 6.45) is 3.99. The summed E-state index contributed by atoms with van der Waals surface area (Å²) < 4.78 is 0. The van der Waals surface area contributed by atoms with Gasteiger partial charge < -0.3 is 10.1 Å². The van der Waals surface area contributed by atoms with Gasteiger partial charge in [0.05, 0.1) is 5.39 Å². The molecule has 0 aliphatic carbocycles. The number of hydrogen-bond donors (Lipinski definition) is 2. The van der Waals surface area contributed by atoms with Crippen LogP contribution in [0.4, 0.5) is 0 Å². The number of phenols is 1. The molecule has 1 heterocycles.